The van der Waals surface area contributed by atoms with E-state index in [1.165, 1.54) is 20.0 Å². The van der Waals surface area contributed by atoms with Crippen LogP contribution in [-0.2, 0) is 9.53 Å². The lowest BCUT2D eigenvalue weighted by atomic mass is 10.2. The predicted octanol–water partition coefficient (Wildman–Crippen LogP) is 3.86. The van der Waals surface area contributed by atoms with Gasteiger partial charge in [0.15, 0.2) is 0 Å². The van der Waals surface area contributed by atoms with E-state index in [1.54, 1.807) is 0 Å². The summed E-state index contributed by atoms with van der Waals surface area (Å²) in [5.74, 6) is 0.662. The topological polar surface area (TPSA) is 76.7 Å². The zero-order valence-electron chi connectivity index (χ0n) is 14.9. The van der Waals surface area contributed by atoms with E-state index in [1.807, 2.05) is 24.3 Å². The molecule has 1 aliphatic rings. The van der Waals surface area contributed by atoms with Crippen molar-refractivity contribution in [2.45, 2.75) is 57.5 Å². The lowest BCUT2D eigenvalue weighted by Crippen LogP contribution is -2.29. The average Bonchev–Trinajstić information content (AvgIpc) is 3.12. The summed E-state index contributed by atoms with van der Waals surface area (Å²) in [4.78, 5) is 22.8. The van der Waals surface area contributed by atoms with Crippen molar-refractivity contribution in [1.82, 2.24) is 5.32 Å². The van der Waals surface area contributed by atoms with Gasteiger partial charge >= 0.3 is 12.0 Å². The number of benzene rings is 1. The normalized spacial score (nSPS) is 14.1. The number of carbonyl (C=O) groups is 2. The number of methoxy groups -OCH3 is 1. The van der Waals surface area contributed by atoms with E-state index in [0.717, 1.165) is 43.5 Å². The zero-order valence-corrected chi connectivity index (χ0v) is 14.9. The number of esters is 1. The SMILES string of the molecule is COC(=O)CCCCCNC(=O)Nc1ccc(OC2CCCC2)cc1. The molecule has 2 N–H and O–H groups in total. The number of hydrogen-bond donors (Lipinski definition) is 2. The van der Waals surface area contributed by atoms with Gasteiger partial charge < -0.3 is 20.1 Å². The maximum atomic E-state index is 11.8. The van der Waals surface area contributed by atoms with Crippen molar-refractivity contribution in [2.24, 2.45) is 0 Å². The third kappa shape index (κ3) is 7.45. The van der Waals surface area contributed by atoms with Crippen LogP contribution in [0.2, 0.25) is 0 Å². The molecule has 0 aromatic heterocycles. The Balaban J connectivity index is 1.59. The first-order valence-electron chi connectivity index (χ1n) is 9.06. The fourth-order valence-electron chi connectivity index (χ4n) is 2.87. The number of carbonyl (C=O) groups excluding carboxylic acids is 2. The van der Waals surface area contributed by atoms with Crippen molar-refractivity contribution >= 4 is 17.7 Å². The predicted molar refractivity (Wildman–Crippen MR) is 96.8 cm³/mol. The van der Waals surface area contributed by atoms with Gasteiger partial charge in [-0.1, -0.05) is 6.42 Å². The van der Waals surface area contributed by atoms with Crippen LogP contribution in [0.1, 0.15) is 51.4 Å². The van der Waals surface area contributed by atoms with Crippen LogP contribution in [0.25, 0.3) is 0 Å². The molecule has 1 aromatic carbocycles. The summed E-state index contributed by atoms with van der Waals surface area (Å²) in [6.07, 6.45) is 7.99. The Morgan fingerprint density at radius 1 is 1.08 bits per heavy atom. The molecule has 1 saturated carbocycles. The summed E-state index contributed by atoms with van der Waals surface area (Å²) in [6, 6.07) is 7.25. The fraction of sp³-hybridized carbons (Fsp3) is 0.579. The van der Waals surface area contributed by atoms with Gasteiger partial charge in [-0.3, -0.25) is 4.79 Å². The van der Waals surface area contributed by atoms with Gasteiger partial charge in [0.1, 0.15) is 5.75 Å². The van der Waals surface area contributed by atoms with Crippen molar-refractivity contribution in [3.05, 3.63) is 24.3 Å². The number of rotatable bonds is 9. The van der Waals surface area contributed by atoms with Gasteiger partial charge in [0.2, 0.25) is 0 Å². The van der Waals surface area contributed by atoms with Crippen molar-refractivity contribution in [2.75, 3.05) is 19.0 Å². The number of anilines is 1. The van der Waals surface area contributed by atoms with E-state index < -0.39 is 0 Å². The summed E-state index contributed by atoms with van der Waals surface area (Å²) in [7, 11) is 1.39. The van der Waals surface area contributed by atoms with Crippen LogP contribution in [0.3, 0.4) is 0 Å². The molecule has 0 saturated heterocycles. The summed E-state index contributed by atoms with van der Waals surface area (Å²) < 4.78 is 10.5. The second-order valence-electron chi connectivity index (χ2n) is 6.32. The summed E-state index contributed by atoms with van der Waals surface area (Å²) in [6.45, 7) is 0.579. The van der Waals surface area contributed by atoms with Crippen molar-refractivity contribution in [3.63, 3.8) is 0 Å². The average molecular weight is 348 g/mol. The Morgan fingerprint density at radius 3 is 2.48 bits per heavy atom. The molecular formula is C19H28N2O4. The monoisotopic (exact) mass is 348 g/mol. The molecule has 0 aliphatic heterocycles. The van der Waals surface area contributed by atoms with E-state index in [0.29, 0.717) is 19.1 Å². The van der Waals surface area contributed by atoms with Crippen molar-refractivity contribution < 1.29 is 19.1 Å². The van der Waals surface area contributed by atoms with Gasteiger partial charge in [-0.25, -0.2) is 4.79 Å². The molecule has 0 bridgehead atoms. The minimum Gasteiger partial charge on any atom is -0.490 e. The van der Waals surface area contributed by atoms with Gasteiger partial charge in [-0.2, -0.15) is 0 Å². The van der Waals surface area contributed by atoms with Crippen LogP contribution in [-0.4, -0.2) is 31.8 Å². The zero-order chi connectivity index (χ0) is 17.9. The van der Waals surface area contributed by atoms with Crippen LogP contribution in [0.4, 0.5) is 10.5 Å². The first-order valence-corrected chi connectivity index (χ1v) is 9.06. The van der Waals surface area contributed by atoms with Gasteiger partial charge in [0.05, 0.1) is 13.2 Å². The molecule has 0 atom stereocenters. The summed E-state index contributed by atoms with van der Waals surface area (Å²) in [5.41, 5.74) is 0.738. The quantitative estimate of drug-likeness (QED) is 0.525. The maximum Gasteiger partial charge on any atom is 0.319 e. The van der Waals surface area contributed by atoms with Gasteiger partial charge in [-0.05, 0) is 62.8 Å². The van der Waals surface area contributed by atoms with Crippen LogP contribution < -0.4 is 15.4 Å². The number of nitrogens with one attached hydrogen (secondary N) is 2. The lowest BCUT2D eigenvalue weighted by Gasteiger charge is -2.13. The molecule has 1 fully saturated rings. The Hall–Kier alpha value is -2.24. The number of hydrogen-bond acceptors (Lipinski definition) is 4. The second kappa shape index (κ2) is 10.6. The minimum atomic E-state index is -0.225. The van der Waals surface area contributed by atoms with Crippen molar-refractivity contribution in [3.8, 4) is 5.75 Å². The molecule has 2 rings (SSSR count). The maximum absolute atomic E-state index is 11.8. The van der Waals surface area contributed by atoms with Gasteiger partial charge in [-0.15, -0.1) is 0 Å². The molecule has 1 aromatic rings. The molecule has 0 spiro atoms. The molecule has 6 heteroatoms. The highest BCUT2D eigenvalue weighted by molar-refractivity contribution is 5.89. The lowest BCUT2D eigenvalue weighted by molar-refractivity contribution is -0.140. The van der Waals surface area contributed by atoms with Crippen LogP contribution in [0.5, 0.6) is 5.75 Å². The van der Waals surface area contributed by atoms with E-state index in [2.05, 4.69) is 15.4 Å². The van der Waals surface area contributed by atoms with Gasteiger partial charge in [0.25, 0.3) is 0 Å². The van der Waals surface area contributed by atoms with E-state index in [-0.39, 0.29) is 12.0 Å². The van der Waals surface area contributed by atoms with Crippen LogP contribution in [0.15, 0.2) is 24.3 Å². The molecule has 138 valence electrons. The van der Waals surface area contributed by atoms with Crippen LogP contribution >= 0.6 is 0 Å². The highest BCUT2D eigenvalue weighted by Crippen LogP contribution is 2.24. The number of unbranched alkanes of at least 4 members (excludes halogenated alkanes) is 2. The standard InChI is InChI=1S/C19H28N2O4/c1-24-18(22)9-3-2-6-14-20-19(23)21-15-10-12-17(13-11-15)25-16-7-4-5-8-16/h10-13,16H,2-9,14H2,1H3,(H2,20,21,23). The van der Waals surface area contributed by atoms with E-state index >= 15 is 0 Å². The molecule has 6 nitrogen and oxygen atoms in total. The molecule has 0 radical (unpaired) electrons. The first-order chi connectivity index (χ1) is 12.2. The minimum absolute atomic E-state index is 0.189. The Morgan fingerprint density at radius 2 is 1.80 bits per heavy atom. The number of amides is 2. The summed E-state index contributed by atoms with van der Waals surface area (Å²) >= 11 is 0. The second-order valence-corrected chi connectivity index (χ2v) is 6.32. The Kier molecular flexibility index (Phi) is 8.09. The Bertz CT molecular complexity index is 539. The molecule has 2 amide bonds. The smallest absolute Gasteiger partial charge is 0.319 e. The van der Waals surface area contributed by atoms with E-state index in [4.69, 9.17) is 4.74 Å². The van der Waals surface area contributed by atoms with Gasteiger partial charge in [0, 0.05) is 18.7 Å². The highest BCUT2D eigenvalue weighted by atomic mass is 16.5. The molecule has 1 aliphatic carbocycles. The summed E-state index contributed by atoms with van der Waals surface area (Å²) in [5, 5.41) is 5.61. The molecular weight excluding hydrogens is 320 g/mol. The third-order valence-corrected chi connectivity index (χ3v) is 4.29. The molecule has 0 heterocycles. The highest BCUT2D eigenvalue weighted by Gasteiger charge is 2.16. The number of ether oxygens (including phenoxy) is 2. The van der Waals surface area contributed by atoms with Crippen molar-refractivity contribution in [1.29, 1.82) is 0 Å². The fourth-order valence-corrected chi connectivity index (χ4v) is 2.87. The first kappa shape index (κ1) is 19.1. The van der Waals surface area contributed by atoms with Crippen LogP contribution in [0, 0.1) is 0 Å². The Labute approximate surface area is 149 Å². The number of urea groups is 1. The molecule has 0 unspecified atom stereocenters. The van der Waals surface area contributed by atoms with E-state index in [9.17, 15) is 9.59 Å². The molecule has 25 heavy (non-hydrogen) atoms. The largest absolute Gasteiger partial charge is 0.490 e. The third-order valence-electron chi connectivity index (χ3n) is 4.29.